The van der Waals surface area contributed by atoms with E-state index in [1.165, 1.54) is 11.6 Å². The third kappa shape index (κ3) is 4.94. The second kappa shape index (κ2) is 7.95. The van der Waals surface area contributed by atoms with Gasteiger partial charge in [-0.3, -0.25) is 4.79 Å². The lowest BCUT2D eigenvalue weighted by molar-refractivity contribution is -0.143. The van der Waals surface area contributed by atoms with Crippen LogP contribution in [0.25, 0.3) is 0 Å². The summed E-state index contributed by atoms with van der Waals surface area (Å²) in [5.41, 5.74) is 7.06. The fourth-order valence-corrected chi connectivity index (χ4v) is 2.30. The maximum absolute atomic E-state index is 11.5. The standard InChI is InChI=1S/C14H19NO2S/c1-3-9-17-14(16)13(15)11(2)18-10-12-7-5-4-6-8-12/h3-8,11,13H,1,9-10,15H2,2H3/t11-,13+/m0/s1. The molecule has 98 valence electrons. The number of benzene rings is 1. The van der Waals surface area contributed by atoms with Crippen LogP contribution in [-0.2, 0) is 15.3 Å². The van der Waals surface area contributed by atoms with Crippen LogP contribution >= 0.6 is 11.8 Å². The van der Waals surface area contributed by atoms with Gasteiger partial charge in [0.25, 0.3) is 0 Å². The van der Waals surface area contributed by atoms with E-state index in [0.717, 1.165) is 5.75 Å². The molecule has 0 saturated carbocycles. The SMILES string of the molecule is C=CCOC(=O)[C@H](N)[C@H](C)SCc1ccccc1. The van der Waals surface area contributed by atoms with Crippen LogP contribution in [0.1, 0.15) is 12.5 Å². The van der Waals surface area contributed by atoms with Gasteiger partial charge in [0.1, 0.15) is 12.6 Å². The first-order valence-electron chi connectivity index (χ1n) is 5.83. The van der Waals surface area contributed by atoms with E-state index in [1.54, 1.807) is 11.8 Å². The molecule has 0 spiro atoms. The highest BCUT2D eigenvalue weighted by molar-refractivity contribution is 7.99. The van der Waals surface area contributed by atoms with E-state index >= 15 is 0 Å². The van der Waals surface area contributed by atoms with Gasteiger partial charge < -0.3 is 10.5 Å². The van der Waals surface area contributed by atoms with Crippen LogP contribution < -0.4 is 5.73 Å². The molecule has 1 rings (SSSR count). The molecule has 0 amide bonds. The summed E-state index contributed by atoms with van der Waals surface area (Å²) in [7, 11) is 0. The van der Waals surface area contributed by atoms with Crippen LogP contribution in [0.15, 0.2) is 43.0 Å². The average molecular weight is 265 g/mol. The molecule has 0 radical (unpaired) electrons. The number of carbonyl (C=O) groups is 1. The van der Waals surface area contributed by atoms with Crippen molar-refractivity contribution in [1.82, 2.24) is 0 Å². The minimum atomic E-state index is -0.598. The zero-order valence-electron chi connectivity index (χ0n) is 10.5. The molecule has 0 bridgehead atoms. The van der Waals surface area contributed by atoms with Crippen molar-refractivity contribution in [1.29, 1.82) is 0 Å². The fourth-order valence-electron chi connectivity index (χ4n) is 1.33. The lowest BCUT2D eigenvalue weighted by Crippen LogP contribution is -2.40. The molecule has 4 heteroatoms. The zero-order chi connectivity index (χ0) is 13.4. The summed E-state index contributed by atoms with van der Waals surface area (Å²) >= 11 is 1.65. The first kappa shape index (κ1) is 14.8. The number of hydrogen-bond acceptors (Lipinski definition) is 4. The largest absolute Gasteiger partial charge is 0.460 e. The Balaban J connectivity index is 2.37. The Kier molecular flexibility index (Phi) is 6.54. The van der Waals surface area contributed by atoms with Gasteiger partial charge in [-0.2, -0.15) is 11.8 Å². The predicted molar refractivity (Wildman–Crippen MR) is 76.3 cm³/mol. The van der Waals surface area contributed by atoms with Crippen molar-refractivity contribution < 1.29 is 9.53 Å². The van der Waals surface area contributed by atoms with Crippen molar-refractivity contribution in [2.45, 2.75) is 24.0 Å². The summed E-state index contributed by atoms with van der Waals surface area (Å²) in [6.07, 6.45) is 1.53. The molecular formula is C14H19NO2S. The van der Waals surface area contributed by atoms with Gasteiger partial charge in [0.2, 0.25) is 0 Å². The number of thioether (sulfide) groups is 1. The summed E-state index contributed by atoms with van der Waals surface area (Å²) in [5.74, 6) is 0.465. The monoisotopic (exact) mass is 265 g/mol. The number of rotatable bonds is 7. The Morgan fingerprint density at radius 3 is 2.78 bits per heavy atom. The van der Waals surface area contributed by atoms with Gasteiger partial charge >= 0.3 is 5.97 Å². The lowest BCUT2D eigenvalue weighted by atomic mass is 10.2. The van der Waals surface area contributed by atoms with E-state index in [1.807, 2.05) is 25.1 Å². The first-order valence-corrected chi connectivity index (χ1v) is 6.88. The number of hydrogen-bond donors (Lipinski definition) is 1. The smallest absolute Gasteiger partial charge is 0.324 e. The molecule has 0 aliphatic rings. The Bertz CT molecular complexity index is 381. The van der Waals surface area contributed by atoms with Gasteiger partial charge in [-0.25, -0.2) is 0 Å². The van der Waals surface area contributed by atoms with Crippen molar-refractivity contribution in [2.24, 2.45) is 5.73 Å². The van der Waals surface area contributed by atoms with E-state index in [0.29, 0.717) is 0 Å². The van der Waals surface area contributed by atoms with E-state index in [2.05, 4.69) is 18.7 Å². The van der Waals surface area contributed by atoms with Gasteiger partial charge in [0, 0.05) is 11.0 Å². The topological polar surface area (TPSA) is 52.3 Å². The highest BCUT2D eigenvalue weighted by Crippen LogP contribution is 2.19. The highest BCUT2D eigenvalue weighted by Gasteiger charge is 2.22. The van der Waals surface area contributed by atoms with E-state index < -0.39 is 6.04 Å². The molecular weight excluding hydrogens is 246 g/mol. The summed E-state index contributed by atoms with van der Waals surface area (Å²) in [5, 5.41) is 0.0162. The fraction of sp³-hybridized carbons (Fsp3) is 0.357. The molecule has 18 heavy (non-hydrogen) atoms. The molecule has 0 heterocycles. The summed E-state index contributed by atoms with van der Waals surface area (Å²) < 4.78 is 4.93. The van der Waals surface area contributed by atoms with Crippen molar-refractivity contribution in [2.75, 3.05) is 6.61 Å². The van der Waals surface area contributed by atoms with Gasteiger partial charge in [-0.1, -0.05) is 49.9 Å². The Hall–Kier alpha value is -1.26. The molecule has 2 N–H and O–H groups in total. The van der Waals surface area contributed by atoms with Gasteiger partial charge in [-0.15, -0.1) is 0 Å². The number of ether oxygens (including phenoxy) is 1. The minimum absolute atomic E-state index is 0.0162. The zero-order valence-corrected chi connectivity index (χ0v) is 11.4. The normalized spacial score (nSPS) is 13.7. The van der Waals surface area contributed by atoms with E-state index in [-0.39, 0.29) is 17.8 Å². The first-order chi connectivity index (χ1) is 8.65. The number of esters is 1. The molecule has 0 fully saturated rings. The molecule has 0 aliphatic carbocycles. The van der Waals surface area contributed by atoms with Gasteiger partial charge in [-0.05, 0) is 5.56 Å². The molecule has 1 aromatic rings. The van der Waals surface area contributed by atoms with Gasteiger partial charge in [0.05, 0.1) is 0 Å². The lowest BCUT2D eigenvalue weighted by Gasteiger charge is -2.17. The Morgan fingerprint density at radius 1 is 1.50 bits per heavy atom. The van der Waals surface area contributed by atoms with Crippen LogP contribution in [-0.4, -0.2) is 23.9 Å². The van der Waals surface area contributed by atoms with E-state index in [9.17, 15) is 4.79 Å². The Labute approximate surface area is 112 Å². The molecule has 0 aromatic heterocycles. The maximum atomic E-state index is 11.5. The summed E-state index contributed by atoms with van der Waals surface area (Å²) in [6.45, 7) is 5.64. The third-order valence-corrected chi connectivity index (χ3v) is 3.80. The molecule has 0 aliphatic heterocycles. The highest BCUT2D eigenvalue weighted by atomic mass is 32.2. The van der Waals surface area contributed by atoms with Crippen LogP contribution in [0.5, 0.6) is 0 Å². The molecule has 1 aromatic carbocycles. The van der Waals surface area contributed by atoms with Gasteiger partial charge in [0.15, 0.2) is 0 Å². The maximum Gasteiger partial charge on any atom is 0.324 e. The van der Waals surface area contributed by atoms with Crippen molar-refractivity contribution in [3.8, 4) is 0 Å². The molecule has 2 atom stereocenters. The quantitative estimate of drug-likeness (QED) is 0.607. The number of nitrogens with two attached hydrogens (primary N) is 1. The van der Waals surface area contributed by atoms with Crippen LogP contribution in [0, 0.1) is 0 Å². The van der Waals surface area contributed by atoms with Crippen LogP contribution in [0.4, 0.5) is 0 Å². The third-order valence-electron chi connectivity index (χ3n) is 2.48. The molecule has 3 nitrogen and oxygen atoms in total. The van der Waals surface area contributed by atoms with E-state index in [4.69, 9.17) is 10.5 Å². The number of carbonyl (C=O) groups excluding carboxylic acids is 1. The van der Waals surface area contributed by atoms with Crippen molar-refractivity contribution in [3.63, 3.8) is 0 Å². The van der Waals surface area contributed by atoms with Crippen LogP contribution in [0.3, 0.4) is 0 Å². The second-order valence-electron chi connectivity index (χ2n) is 3.95. The molecule has 0 saturated heterocycles. The van der Waals surface area contributed by atoms with Crippen LogP contribution in [0.2, 0.25) is 0 Å². The van der Waals surface area contributed by atoms with Crippen molar-refractivity contribution in [3.05, 3.63) is 48.6 Å². The second-order valence-corrected chi connectivity index (χ2v) is 5.31. The van der Waals surface area contributed by atoms with Crippen molar-refractivity contribution >= 4 is 17.7 Å². The molecule has 0 unspecified atom stereocenters. The summed E-state index contributed by atoms with van der Waals surface area (Å²) in [6, 6.07) is 9.49. The Morgan fingerprint density at radius 2 is 2.17 bits per heavy atom. The predicted octanol–water partition coefficient (Wildman–Crippen LogP) is 2.36. The minimum Gasteiger partial charge on any atom is -0.460 e. The summed E-state index contributed by atoms with van der Waals surface area (Å²) in [4.78, 5) is 11.5. The average Bonchev–Trinajstić information content (AvgIpc) is 2.42.